The molecule has 1 unspecified atom stereocenters. The van der Waals surface area contributed by atoms with Gasteiger partial charge in [0.05, 0.1) is 0 Å². The number of rotatable bonds is 6. The number of carbonyl (C=O) groups excluding carboxylic acids is 1. The Morgan fingerprint density at radius 3 is 2.94 bits per heavy atom. The minimum Gasteiger partial charge on any atom is -0.324 e. The van der Waals surface area contributed by atoms with Crippen molar-refractivity contribution < 1.29 is 4.79 Å². The largest absolute Gasteiger partial charge is 0.324 e. The molecular formula is C14H19BrN2O. The highest BCUT2D eigenvalue weighted by atomic mass is 79.9. The molecule has 2 rings (SSSR count). The van der Waals surface area contributed by atoms with E-state index in [1.165, 1.54) is 19.3 Å². The van der Waals surface area contributed by atoms with Crippen molar-refractivity contribution in [3.8, 4) is 0 Å². The highest BCUT2D eigenvalue weighted by Gasteiger charge is 2.29. The Morgan fingerprint density at radius 1 is 1.33 bits per heavy atom. The summed E-state index contributed by atoms with van der Waals surface area (Å²) in [7, 11) is 0. The maximum Gasteiger partial charge on any atom is 0.246 e. The van der Waals surface area contributed by atoms with Crippen LogP contribution in [-0.4, -0.2) is 12.5 Å². The molecule has 0 saturated heterocycles. The van der Waals surface area contributed by atoms with Crippen molar-refractivity contribution in [3.63, 3.8) is 0 Å². The van der Waals surface area contributed by atoms with Crippen LogP contribution in [0.4, 0.5) is 5.69 Å². The molecule has 1 aromatic rings. The molecular weight excluding hydrogens is 292 g/mol. The van der Waals surface area contributed by atoms with Gasteiger partial charge in [0.2, 0.25) is 5.91 Å². The first-order valence-electron chi connectivity index (χ1n) is 6.56. The zero-order chi connectivity index (χ0) is 13.0. The first kappa shape index (κ1) is 13.6. The molecule has 0 fully saturated rings. The molecule has 0 spiro atoms. The average Bonchev–Trinajstić information content (AvgIpc) is 2.64. The summed E-state index contributed by atoms with van der Waals surface area (Å²) in [5.74, 6) is 0.0543. The number of anilines is 1. The van der Waals surface area contributed by atoms with Crippen LogP contribution in [0.15, 0.2) is 22.7 Å². The number of amides is 1. The fourth-order valence-electron chi connectivity index (χ4n) is 2.24. The van der Waals surface area contributed by atoms with Gasteiger partial charge in [0.15, 0.2) is 0 Å². The lowest BCUT2D eigenvalue weighted by atomic mass is 10.1. The van der Waals surface area contributed by atoms with E-state index in [2.05, 4.69) is 33.5 Å². The van der Waals surface area contributed by atoms with Crippen LogP contribution >= 0.6 is 15.9 Å². The third-order valence-corrected chi connectivity index (χ3v) is 3.72. The fourth-order valence-corrected chi connectivity index (χ4v) is 2.60. The van der Waals surface area contributed by atoms with Crippen LogP contribution in [0.25, 0.3) is 0 Å². The van der Waals surface area contributed by atoms with Crippen molar-refractivity contribution in [2.75, 3.05) is 11.9 Å². The van der Waals surface area contributed by atoms with Gasteiger partial charge in [0.25, 0.3) is 0 Å². The van der Waals surface area contributed by atoms with Crippen LogP contribution in [0.5, 0.6) is 0 Å². The molecule has 0 radical (unpaired) electrons. The first-order valence-corrected chi connectivity index (χ1v) is 7.35. The molecule has 1 aromatic carbocycles. The monoisotopic (exact) mass is 310 g/mol. The van der Waals surface area contributed by atoms with E-state index in [4.69, 9.17) is 0 Å². The molecule has 98 valence electrons. The lowest BCUT2D eigenvalue weighted by molar-refractivity contribution is -0.117. The zero-order valence-corrected chi connectivity index (χ0v) is 12.2. The summed E-state index contributed by atoms with van der Waals surface area (Å²) in [6.45, 7) is 3.10. The van der Waals surface area contributed by atoms with E-state index in [-0.39, 0.29) is 11.9 Å². The predicted octanol–water partition coefficient (Wildman–Crippen LogP) is 3.61. The van der Waals surface area contributed by atoms with Gasteiger partial charge in [-0.2, -0.15) is 0 Å². The van der Waals surface area contributed by atoms with E-state index in [0.717, 1.165) is 28.7 Å². The average molecular weight is 311 g/mol. The Balaban J connectivity index is 1.92. The number of benzene rings is 1. The standard InChI is InChI=1S/C14H19BrN2O/c1-2-3-4-5-8-16-13-11-7-6-10(15)9-12(11)17-14(13)18/h6-7,9,13,16H,2-5,8H2,1H3,(H,17,18). The Bertz CT molecular complexity index is 434. The van der Waals surface area contributed by atoms with Crippen LogP contribution in [0.2, 0.25) is 0 Å². The number of hydrogen-bond acceptors (Lipinski definition) is 2. The van der Waals surface area contributed by atoms with Crippen LogP contribution in [0.3, 0.4) is 0 Å². The third-order valence-electron chi connectivity index (χ3n) is 3.23. The molecule has 0 bridgehead atoms. The summed E-state index contributed by atoms with van der Waals surface area (Å²) in [4.78, 5) is 11.9. The molecule has 0 saturated carbocycles. The second-order valence-corrected chi connectivity index (χ2v) is 5.58. The van der Waals surface area contributed by atoms with Gasteiger partial charge in [-0.25, -0.2) is 0 Å². The zero-order valence-electron chi connectivity index (χ0n) is 10.6. The van der Waals surface area contributed by atoms with Gasteiger partial charge in [0.1, 0.15) is 6.04 Å². The van der Waals surface area contributed by atoms with Gasteiger partial charge in [-0.05, 0) is 25.1 Å². The minimum atomic E-state index is -0.185. The third kappa shape index (κ3) is 3.12. The maximum atomic E-state index is 11.9. The predicted molar refractivity (Wildman–Crippen MR) is 77.7 cm³/mol. The van der Waals surface area contributed by atoms with Gasteiger partial charge in [-0.3, -0.25) is 4.79 Å². The topological polar surface area (TPSA) is 41.1 Å². The fraction of sp³-hybridized carbons (Fsp3) is 0.500. The second-order valence-electron chi connectivity index (χ2n) is 4.67. The second kappa shape index (κ2) is 6.34. The summed E-state index contributed by atoms with van der Waals surface area (Å²) < 4.78 is 0.991. The Labute approximate surface area is 116 Å². The summed E-state index contributed by atoms with van der Waals surface area (Å²) in [6, 6.07) is 5.74. The number of nitrogens with one attached hydrogen (secondary N) is 2. The quantitative estimate of drug-likeness (QED) is 0.788. The molecule has 3 nitrogen and oxygen atoms in total. The van der Waals surface area contributed by atoms with E-state index in [1.807, 2.05) is 18.2 Å². The van der Waals surface area contributed by atoms with Crippen LogP contribution in [-0.2, 0) is 4.79 Å². The maximum absolute atomic E-state index is 11.9. The summed E-state index contributed by atoms with van der Waals surface area (Å²) in [5.41, 5.74) is 1.97. The van der Waals surface area contributed by atoms with E-state index < -0.39 is 0 Å². The molecule has 1 amide bonds. The van der Waals surface area contributed by atoms with E-state index in [0.29, 0.717) is 0 Å². The number of fused-ring (bicyclic) bond motifs is 1. The number of hydrogen-bond donors (Lipinski definition) is 2. The van der Waals surface area contributed by atoms with Gasteiger partial charge < -0.3 is 10.6 Å². The summed E-state index contributed by atoms with van der Waals surface area (Å²) >= 11 is 3.41. The SMILES string of the molecule is CCCCCCNC1C(=O)Nc2cc(Br)ccc21. The van der Waals surface area contributed by atoms with Crippen LogP contribution in [0.1, 0.15) is 44.2 Å². The first-order chi connectivity index (χ1) is 8.72. The molecule has 2 N–H and O–H groups in total. The van der Waals surface area contributed by atoms with Gasteiger partial charge >= 0.3 is 0 Å². The molecule has 0 aromatic heterocycles. The number of carbonyl (C=O) groups is 1. The van der Waals surface area contributed by atoms with E-state index in [9.17, 15) is 4.79 Å². The van der Waals surface area contributed by atoms with E-state index in [1.54, 1.807) is 0 Å². The highest BCUT2D eigenvalue weighted by molar-refractivity contribution is 9.10. The van der Waals surface area contributed by atoms with Crippen molar-refractivity contribution in [1.29, 1.82) is 0 Å². The lowest BCUT2D eigenvalue weighted by Gasteiger charge is -2.11. The molecule has 1 atom stereocenters. The molecule has 4 heteroatoms. The van der Waals surface area contributed by atoms with Crippen molar-refractivity contribution in [2.45, 2.75) is 38.6 Å². The smallest absolute Gasteiger partial charge is 0.246 e. The van der Waals surface area contributed by atoms with Crippen molar-refractivity contribution in [3.05, 3.63) is 28.2 Å². The Kier molecular flexibility index (Phi) is 4.78. The number of unbranched alkanes of at least 4 members (excludes halogenated alkanes) is 3. The van der Waals surface area contributed by atoms with Crippen molar-refractivity contribution in [2.24, 2.45) is 0 Å². The lowest BCUT2D eigenvalue weighted by Crippen LogP contribution is -2.28. The Hall–Kier alpha value is -0.870. The minimum absolute atomic E-state index is 0.0543. The van der Waals surface area contributed by atoms with Crippen molar-refractivity contribution >= 4 is 27.5 Å². The van der Waals surface area contributed by atoms with Gasteiger partial charge in [-0.1, -0.05) is 48.2 Å². The van der Waals surface area contributed by atoms with Gasteiger partial charge in [-0.15, -0.1) is 0 Å². The normalized spacial score (nSPS) is 17.7. The molecule has 0 aliphatic carbocycles. The molecule has 1 aliphatic rings. The highest BCUT2D eigenvalue weighted by Crippen LogP contribution is 2.32. The molecule has 1 heterocycles. The summed E-state index contributed by atoms with van der Waals surface area (Å²) in [5, 5.41) is 6.25. The van der Waals surface area contributed by atoms with Crippen LogP contribution in [0, 0.1) is 0 Å². The van der Waals surface area contributed by atoms with Crippen LogP contribution < -0.4 is 10.6 Å². The number of halogens is 1. The van der Waals surface area contributed by atoms with Crippen molar-refractivity contribution in [1.82, 2.24) is 5.32 Å². The Morgan fingerprint density at radius 2 is 2.17 bits per heavy atom. The van der Waals surface area contributed by atoms with Gasteiger partial charge in [0, 0.05) is 15.7 Å². The van der Waals surface area contributed by atoms with E-state index >= 15 is 0 Å². The molecule has 1 aliphatic heterocycles. The summed E-state index contributed by atoms with van der Waals surface area (Å²) in [6.07, 6.45) is 4.86. The molecule has 18 heavy (non-hydrogen) atoms.